The van der Waals surface area contributed by atoms with Gasteiger partial charge in [0.15, 0.2) is 11.5 Å². The molecule has 1 rings (SSSR count). The van der Waals surface area contributed by atoms with Gasteiger partial charge >= 0.3 is 0 Å². The fraction of sp³-hybridized carbons (Fsp3) is 0.417. The maximum atomic E-state index is 11.4. The van der Waals surface area contributed by atoms with Gasteiger partial charge < -0.3 is 20.1 Å². The molecule has 0 spiro atoms. The minimum absolute atomic E-state index is 0.0137. The minimum atomic E-state index is 0.0137. The number of methoxy groups -OCH3 is 1. The predicted octanol–water partition coefficient (Wildman–Crippen LogP) is 1.34. The van der Waals surface area contributed by atoms with E-state index in [0.717, 1.165) is 5.56 Å². The number of benzene rings is 1. The molecule has 1 aromatic rings. The molecular weight excluding hydrogens is 300 g/mol. The number of likely N-dealkylation sites (N-methyl/N-ethyl adjacent to an activating group) is 1. The number of amides is 1. The van der Waals surface area contributed by atoms with Crippen LogP contribution in [0, 0.1) is 0 Å². The Kier molecular flexibility index (Phi) is 5.43. The van der Waals surface area contributed by atoms with E-state index in [-0.39, 0.29) is 18.2 Å². The van der Waals surface area contributed by atoms with Gasteiger partial charge in [-0.1, -0.05) is 0 Å². The Balaban J connectivity index is 2.63. The van der Waals surface area contributed by atoms with Crippen LogP contribution in [0.25, 0.3) is 0 Å². The lowest BCUT2D eigenvalue weighted by molar-refractivity contribution is -0.127. The van der Waals surface area contributed by atoms with Crippen LogP contribution in [0.5, 0.6) is 11.5 Å². The predicted molar refractivity (Wildman–Crippen MR) is 72.8 cm³/mol. The number of carbonyl (C=O) groups excluding carboxylic acids is 1. The van der Waals surface area contributed by atoms with E-state index in [2.05, 4.69) is 21.2 Å². The number of halogens is 1. The monoisotopic (exact) mass is 316 g/mol. The lowest BCUT2D eigenvalue weighted by Crippen LogP contribution is -2.32. The van der Waals surface area contributed by atoms with Crippen LogP contribution in [0.4, 0.5) is 0 Å². The van der Waals surface area contributed by atoms with Crippen LogP contribution < -0.4 is 10.1 Å². The van der Waals surface area contributed by atoms with Crippen LogP contribution in [0.3, 0.4) is 0 Å². The summed E-state index contributed by atoms with van der Waals surface area (Å²) in [5.74, 6) is 0.491. The van der Waals surface area contributed by atoms with Crippen molar-refractivity contribution in [2.24, 2.45) is 0 Å². The molecule has 100 valence electrons. The molecular formula is C12H17BrN2O3. The maximum absolute atomic E-state index is 11.4. The third-order valence-electron chi connectivity index (χ3n) is 2.41. The van der Waals surface area contributed by atoms with Crippen molar-refractivity contribution in [3.8, 4) is 11.5 Å². The molecule has 1 amide bonds. The molecule has 0 aliphatic heterocycles. The molecule has 0 unspecified atom stereocenters. The van der Waals surface area contributed by atoms with Crippen LogP contribution >= 0.6 is 15.9 Å². The van der Waals surface area contributed by atoms with Gasteiger partial charge in [-0.05, 0) is 33.6 Å². The number of rotatable bonds is 5. The van der Waals surface area contributed by atoms with Gasteiger partial charge in [-0.15, -0.1) is 0 Å². The molecule has 0 heterocycles. The summed E-state index contributed by atoms with van der Waals surface area (Å²) in [6.45, 7) is 0.794. The Morgan fingerprint density at radius 3 is 2.72 bits per heavy atom. The summed E-state index contributed by atoms with van der Waals surface area (Å²) in [5.41, 5.74) is 0.920. The quantitative estimate of drug-likeness (QED) is 0.860. The lowest BCUT2D eigenvalue weighted by Gasteiger charge is -2.12. The molecule has 18 heavy (non-hydrogen) atoms. The number of hydrogen-bond acceptors (Lipinski definition) is 4. The van der Waals surface area contributed by atoms with Crippen molar-refractivity contribution in [1.29, 1.82) is 0 Å². The number of aromatic hydroxyl groups is 1. The number of carbonyl (C=O) groups is 1. The second kappa shape index (κ2) is 6.61. The summed E-state index contributed by atoms with van der Waals surface area (Å²) in [7, 11) is 4.92. The van der Waals surface area contributed by atoms with Crippen LogP contribution in [0.15, 0.2) is 16.6 Å². The van der Waals surface area contributed by atoms with Gasteiger partial charge in [0, 0.05) is 20.6 Å². The molecule has 6 heteroatoms. The van der Waals surface area contributed by atoms with Crippen LogP contribution in [-0.2, 0) is 11.3 Å². The summed E-state index contributed by atoms with van der Waals surface area (Å²) in [6, 6.07) is 3.51. The standard InChI is InChI=1S/C12H17BrN2O3/c1-15(2)11(16)7-14-6-8-4-9(13)12(17)10(5-8)18-3/h4-5,14,17H,6-7H2,1-3H3. The first-order valence-corrected chi connectivity index (χ1v) is 6.21. The second-order valence-corrected chi connectivity index (χ2v) is 4.87. The Bertz CT molecular complexity index is 436. The zero-order valence-corrected chi connectivity index (χ0v) is 12.2. The molecule has 2 N–H and O–H groups in total. The summed E-state index contributed by atoms with van der Waals surface area (Å²) in [4.78, 5) is 12.9. The van der Waals surface area contributed by atoms with Crippen molar-refractivity contribution in [2.45, 2.75) is 6.54 Å². The van der Waals surface area contributed by atoms with Crippen molar-refractivity contribution >= 4 is 21.8 Å². The Hall–Kier alpha value is -1.27. The van der Waals surface area contributed by atoms with Gasteiger partial charge in [-0.3, -0.25) is 4.79 Å². The maximum Gasteiger partial charge on any atom is 0.236 e. The minimum Gasteiger partial charge on any atom is -0.503 e. The lowest BCUT2D eigenvalue weighted by atomic mass is 10.2. The molecule has 0 fully saturated rings. The fourth-order valence-electron chi connectivity index (χ4n) is 1.36. The van der Waals surface area contributed by atoms with Crippen molar-refractivity contribution < 1.29 is 14.6 Å². The number of phenolic OH excluding ortho intramolecular Hbond substituents is 1. The van der Waals surface area contributed by atoms with Gasteiger partial charge in [0.2, 0.25) is 5.91 Å². The topological polar surface area (TPSA) is 61.8 Å². The number of nitrogens with zero attached hydrogens (tertiary/aromatic N) is 1. The highest BCUT2D eigenvalue weighted by molar-refractivity contribution is 9.10. The molecule has 0 bridgehead atoms. The number of ether oxygens (including phenoxy) is 1. The van der Waals surface area contributed by atoms with E-state index < -0.39 is 0 Å². The summed E-state index contributed by atoms with van der Waals surface area (Å²) in [6.07, 6.45) is 0. The number of hydrogen-bond donors (Lipinski definition) is 2. The van der Waals surface area contributed by atoms with Gasteiger partial charge in [0.05, 0.1) is 18.1 Å². The van der Waals surface area contributed by atoms with Crippen molar-refractivity contribution in [3.63, 3.8) is 0 Å². The van der Waals surface area contributed by atoms with E-state index in [4.69, 9.17) is 4.74 Å². The molecule has 0 atom stereocenters. The normalized spacial score (nSPS) is 10.2. The molecule has 0 aromatic heterocycles. The third-order valence-corrected chi connectivity index (χ3v) is 3.02. The summed E-state index contributed by atoms with van der Waals surface area (Å²) < 4.78 is 5.62. The van der Waals surface area contributed by atoms with Crippen LogP contribution in [-0.4, -0.2) is 43.7 Å². The average Bonchev–Trinajstić information content (AvgIpc) is 2.33. The highest BCUT2D eigenvalue weighted by Crippen LogP contribution is 2.35. The van der Waals surface area contributed by atoms with E-state index in [1.807, 2.05) is 0 Å². The zero-order chi connectivity index (χ0) is 13.7. The second-order valence-electron chi connectivity index (χ2n) is 4.02. The molecule has 0 aliphatic carbocycles. The molecule has 0 saturated heterocycles. The first kappa shape index (κ1) is 14.8. The van der Waals surface area contributed by atoms with E-state index >= 15 is 0 Å². The number of nitrogens with one attached hydrogen (secondary N) is 1. The number of phenols is 1. The SMILES string of the molecule is COc1cc(CNCC(=O)N(C)C)cc(Br)c1O. The molecule has 0 saturated carbocycles. The first-order chi connectivity index (χ1) is 8.45. The van der Waals surface area contributed by atoms with Crippen molar-refractivity contribution in [1.82, 2.24) is 10.2 Å². The van der Waals surface area contributed by atoms with E-state index in [0.29, 0.717) is 16.8 Å². The van der Waals surface area contributed by atoms with Gasteiger partial charge in [-0.25, -0.2) is 0 Å². The Morgan fingerprint density at radius 1 is 1.50 bits per heavy atom. The van der Waals surface area contributed by atoms with Gasteiger partial charge in [0.25, 0.3) is 0 Å². The Morgan fingerprint density at radius 2 is 2.17 bits per heavy atom. The summed E-state index contributed by atoms with van der Waals surface area (Å²) >= 11 is 3.25. The first-order valence-electron chi connectivity index (χ1n) is 5.42. The van der Waals surface area contributed by atoms with Crippen molar-refractivity contribution in [2.75, 3.05) is 27.7 Å². The zero-order valence-electron chi connectivity index (χ0n) is 10.7. The van der Waals surface area contributed by atoms with E-state index in [9.17, 15) is 9.90 Å². The van der Waals surface area contributed by atoms with Crippen LogP contribution in [0.1, 0.15) is 5.56 Å². The largest absolute Gasteiger partial charge is 0.503 e. The molecule has 0 radical (unpaired) electrons. The third kappa shape index (κ3) is 3.89. The van der Waals surface area contributed by atoms with Gasteiger partial charge in [0.1, 0.15) is 0 Å². The molecule has 5 nitrogen and oxygen atoms in total. The van der Waals surface area contributed by atoms with Gasteiger partial charge in [-0.2, -0.15) is 0 Å². The van der Waals surface area contributed by atoms with E-state index in [1.165, 1.54) is 12.0 Å². The van der Waals surface area contributed by atoms with Crippen LogP contribution in [0.2, 0.25) is 0 Å². The smallest absolute Gasteiger partial charge is 0.236 e. The Labute approximate surface area is 115 Å². The average molecular weight is 317 g/mol. The van der Waals surface area contributed by atoms with E-state index in [1.54, 1.807) is 26.2 Å². The highest BCUT2D eigenvalue weighted by Gasteiger charge is 2.09. The molecule has 1 aromatic carbocycles. The summed E-state index contributed by atoms with van der Waals surface area (Å²) in [5, 5.41) is 12.7. The molecule has 0 aliphatic rings. The van der Waals surface area contributed by atoms with Crippen molar-refractivity contribution in [3.05, 3.63) is 22.2 Å². The highest BCUT2D eigenvalue weighted by atomic mass is 79.9. The fourth-order valence-corrected chi connectivity index (χ4v) is 1.85.